The fourth-order valence-corrected chi connectivity index (χ4v) is 1.11. The van der Waals surface area contributed by atoms with Crippen LogP contribution in [-0.4, -0.2) is 97.7 Å². The van der Waals surface area contributed by atoms with Crippen molar-refractivity contribution in [2.45, 2.75) is 24.4 Å². The van der Waals surface area contributed by atoms with Crippen molar-refractivity contribution >= 4 is 0 Å². The number of hydrogen-bond donors (Lipinski definition) is 4. The van der Waals surface area contributed by atoms with Crippen LogP contribution in [0.25, 0.3) is 0 Å². The first-order valence-electron chi connectivity index (χ1n) is 6.62. The second-order valence-corrected chi connectivity index (χ2v) is 4.61. The Labute approximate surface area is 117 Å². The van der Waals surface area contributed by atoms with E-state index in [1.165, 1.54) is 0 Å². The summed E-state index contributed by atoms with van der Waals surface area (Å²) in [4.78, 5) is 0. The van der Waals surface area contributed by atoms with E-state index < -0.39 is 6.10 Å². The smallest absolute Gasteiger partial charge is 0.104 e. The van der Waals surface area contributed by atoms with E-state index in [9.17, 15) is 0 Å². The molecule has 4 N–H and O–H groups in total. The molecule has 0 amide bonds. The lowest BCUT2D eigenvalue weighted by molar-refractivity contribution is -0.0481. The lowest BCUT2D eigenvalue weighted by atomic mass is 10.4. The largest absolute Gasteiger partial charge is 0.394 e. The minimum atomic E-state index is -0.954. The predicted molar refractivity (Wildman–Crippen MR) is 67.3 cm³/mol. The number of aliphatic hydroxyl groups is 4. The van der Waals surface area contributed by atoms with Gasteiger partial charge in [-0.1, -0.05) is 0 Å². The van der Waals surface area contributed by atoms with Gasteiger partial charge in [0.2, 0.25) is 0 Å². The summed E-state index contributed by atoms with van der Waals surface area (Å²) < 4.78 is 20.7. The van der Waals surface area contributed by atoms with E-state index in [1.807, 2.05) is 0 Å². The molecule has 0 aromatic carbocycles. The van der Waals surface area contributed by atoms with E-state index in [0.717, 1.165) is 13.2 Å². The van der Waals surface area contributed by atoms with Crippen LogP contribution in [-0.2, 0) is 18.9 Å². The van der Waals surface area contributed by atoms with Crippen molar-refractivity contribution in [3.05, 3.63) is 0 Å². The molecule has 120 valence electrons. The van der Waals surface area contributed by atoms with Gasteiger partial charge in [-0.3, -0.25) is 0 Å². The second kappa shape index (κ2) is 10.4. The third-order valence-corrected chi connectivity index (χ3v) is 2.56. The van der Waals surface area contributed by atoms with Gasteiger partial charge >= 0.3 is 0 Å². The lowest BCUT2D eigenvalue weighted by Gasteiger charge is -2.14. The highest BCUT2D eigenvalue weighted by molar-refractivity contribution is 4.70. The number of aliphatic hydroxyl groups excluding tert-OH is 4. The van der Waals surface area contributed by atoms with Crippen LogP contribution in [0.15, 0.2) is 0 Å². The molecule has 0 spiro atoms. The van der Waals surface area contributed by atoms with E-state index in [4.69, 9.17) is 39.4 Å². The van der Waals surface area contributed by atoms with Crippen LogP contribution in [0.2, 0.25) is 0 Å². The summed E-state index contributed by atoms with van der Waals surface area (Å²) >= 11 is 0. The van der Waals surface area contributed by atoms with Gasteiger partial charge in [0, 0.05) is 0 Å². The zero-order valence-electron chi connectivity index (χ0n) is 11.4. The van der Waals surface area contributed by atoms with Gasteiger partial charge in [0.05, 0.1) is 52.9 Å². The number of ether oxygens (including phenoxy) is 4. The van der Waals surface area contributed by atoms with E-state index in [1.54, 1.807) is 0 Å². The fourth-order valence-electron chi connectivity index (χ4n) is 1.11. The Morgan fingerprint density at radius 3 is 1.90 bits per heavy atom. The van der Waals surface area contributed by atoms with Crippen molar-refractivity contribution in [3.63, 3.8) is 0 Å². The normalized spacial score (nSPS) is 25.1. The lowest BCUT2D eigenvalue weighted by Crippen LogP contribution is -2.26. The monoisotopic (exact) mass is 296 g/mol. The quantitative estimate of drug-likeness (QED) is 0.326. The second-order valence-electron chi connectivity index (χ2n) is 4.61. The van der Waals surface area contributed by atoms with Crippen molar-refractivity contribution in [1.82, 2.24) is 0 Å². The molecule has 2 rings (SSSR count). The molecule has 2 heterocycles. The number of hydrogen-bond acceptors (Lipinski definition) is 8. The van der Waals surface area contributed by atoms with Crippen molar-refractivity contribution in [2.24, 2.45) is 0 Å². The van der Waals surface area contributed by atoms with Gasteiger partial charge < -0.3 is 39.4 Å². The molecule has 2 aliphatic rings. The Morgan fingerprint density at radius 2 is 1.50 bits per heavy atom. The molecule has 0 aromatic heterocycles. The Hall–Kier alpha value is -0.320. The molecular formula is C12H24O8. The van der Waals surface area contributed by atoms with Crippen molar-refractivity contribution in [3.8, 4) is 0 Å². The Morgan fingerprint density at radius 1 is 0.950 bits per heavy atom. The molecule has 3 atom stereocenters. The summed E-state index contributed by atoms with van der Waals surface area (Å²) in [6.45, 7) is 2.39. The molecular weight excluding hydrogens is 272 g/mol. The molecule has 0 bridgehead atoms. The van der Waals surface area contributed by atoms with Gasteiger partial charge in [0.25, 0.3) is 0 Å². The van der Waals surface area contributed by atoms with Crippen LogP contribution in [0, 0.1) is 0 Å². The Kier molecular flexibility index (Phi) is 9.23. The minimum absolute atomic E-state index is 0.0156. The Balaban J connectivity index is 0.000000286. The topological polar surface area (TPSA) is 124 Å². The number of rotatable bonds is 10. The molecule has 0 saturated carbocycles. The summed E-state index contributed by atoms with van der Waals surface area (Å²) in [6.07, 6.45) is -0.695. The average molecular weight is 296 g/mol. The van der Waals surface area contributed by atoms with Crippen molar-refractivity contribution < 1.29 is 39.4 Å². The molecule has 20 heavy (non-hydrogen) atoms. The SMILES string of the molecule is OCC(COCC1CO1)OCC1CO1.OCC(O)CO. The van der Waals surface area contributed by atoms with Gasteiger partial charge in [-0.25, -0.2) is 0 Å². The molecule has 0 aromatic rings. The zero-order valence-corrected chi connectivity index (χ0v) is 11.4. The average Bonchev–Trinajstić information content (AvgIpc) is 3.36. The summed E-state index contributed by atoms with van der Waals surface area (Å²) in [6, 6.07) is 0. The maximum absolute atomic E-state index is 8.96. The van der Waals surface area contributed by atoms with Crippen LogP contribution in [0.1, 0.15) is 0 Å². The van der Waals surface area contributed by atoms with E-state index >= 15 is 0 Å². The third-order valence-electron chi connectivity index (χ3n) is 2.56. The molecule has 2 saturated heterocycles. The van der Waals surface area contributed by atoms with E-state index in [-0.39, 0.29) is 38.1 Å². The molecule has 0 radical (unpaired) electrons. The predicted octanol–water partition coefficient (Wildman–Crippen LogP) is -2.49. The zero-order chi connectivity index (χ0) is 14.8. The maximum atomic E-state index is 8.96. The first kappa shape index (κ1) is 17.7. The first-order valence-corrected chi connectivity index (χ1v) is 6.62. The summed E-state index contributed by atoms with van der Waals surface area (Å²) in [5.74, 6) is 0. The molecule has 8 nitrogen and oxygen atoms in total. The highest BCUT2D eigenvalue weighted by atomic mass is 16.6. The minimum Gasteiger partial charge on any atom is -0.394 e. The van der Waals surface area contributed by atoms with Crippen LogP contribution in [0.4, 0.5) is 0 Å². The highest BCUT2D eigenvalue weighted by Crippen LogP contribution is 2.11. The molecule has 2 fully saturated rings. The summed E-state index contributed by atoms with van der Waals surface area (Å²) in [7, 11) is 0. The van der Waals surface area contributed by atoms with Crippen LogP contribution >= 0.6 is 0 Å². The van der Waals surface area contributed by atoms with Crippen LogP contribution < -0.4 is 0 Å². The van der Waals surface area contributed by atoms with E-state index in [2.05, 4.69) is 0 Å². The number of epoxide rings is 2. The van der Waals surface area contributed by atoms with Crippen LogP contribution in [0.3, 0.4) is 0 Å². The van der Waals surface area contributed by atoms with Crippen LogP contribution in [0.5, 0.6) is 0 Å². The van der Waals surface area contributed by atoms with Gasteiger partial charge in [-0.05, 0) is 0 Å². The van der Waals surface area contributed by atoms with Gasteiger partial charge in [-0.15, -0.1) is 0 Å². The maximum Gasteiger partial charge on any atom is 0.104 e. The summed E-state index contributed by atoms with van der Waals surface area (Å²) in [5.41, 5.74) is 0. The van der Waals surface area contributed by atoms with Gasteiger partial charge in [-0.2, -0.15) is 0 Å². The fraction of sp³-hybridized carbons (Fsp3) is 1.00. The first-order chi connectivity index (χ1) is 9.69. The molecule has 2 aliphatic heterocycles. The van der Waals surface area contributed by atoms with Gasteiger partial charge in [0.15, 0.2) is 0 Å². The van der Waals surface area contributed by atoms with Crippen molar-refractivity contribution in [2.75, 3.05) is 52.9 Å². The molecule has 3 unspecified atom stereocenters. The summed E-state index contributed by atoms with van der Waals surface area (Å²) in [5, 5.41) is 33.0. The van der Waals surface area contributed by atoms with E-state index in [0.29, 0.717) is 19.8 Å². The highest BCUT2D eigenvalue weighted by Gasteiger charge is 2.25. The van der Waals surface area contributed by atoms with Crippen molar-refractivity contribution in [1.29, 1.82) is 0 Å². The standard InChI is InChI=1S/C9H16O5.C3H8O3/c10-1-7(12-5-9-6-14-9)2-11-3-8-4-13-8;4-1-3(6)2-5/h7-10H,1-6H2;3-6H,1-2H2. The third kappa shape index (κ3) is 9.56. The molecule has 8 heteroatoms. The Bertz CT molecular complexity index is 227. The molecule has 0 aliphatic carbocycles. The van der Waals surface area contributed by atoms with Gasteiger partial charge in [0.1, 0.15) is 24.4 Å².